The molecule has 0 saturated carbocycles. The third kappa shape index (κ3) is 1.69. The number of aromatic nitrogens is 2. The van der Waals surface area contributed by atoms with E-state index in [1.165, 1.54) is 11.1 Å². The van der Waals surface area contributed by atoms with E-state index in [0.717, 1.165) is 23.5 Å². The van der Waals surface area contributed by atoms with Crippen molar-refractivity contribution in [2.75, 3.05) is 5.73 Å². The maximum absolute atomic E-state index is 6.03. The summed E-state index contributed by atoms with van der Waals surface area (Å²) in [6.45, 7) is 6.28. The molecule has 0 aliphatic heterocycles. The second kappa shape index (κ2) is 4.00. The zero-order valence-electron chi connectivity index (χ0n) is 9.99. The van der Waals surface area contributed by atoms with Gasteiger partial charge in [-0.05, 0) is 43.5 Å². The fourth-order valence-corrected chi connectivity index (χ4v) is 1.73. The molecule has 16 heavy (non-hydrogen) atoms. The van der Waals surface area contributed by atoms with Crippen molar-refractivity contribution in [1.82, 2.24) is 9.78 Å². The second-order valence-electron chi connectivity index (χ2n) is 4.09. The lowest BCUT2D eigenvalue weighted by molar-refractivity contribution is 0.888. The Balaban J connectivity index is 2.50. The minimum absolute atomic E-state index is 0.741. The van der Waals surface area contributed by atoms with Gasteiger partial charge in [-0.3, -0.25) is 0 Å². The third-order valence-electron chi connectivity index (χ3n) is 3.00. The average molecular weight is 215 g/mol. The summed E-state index contributed by atoms with van der Waals surface area (Å²) in [6.07, 6.45) is 2.75. The van der Waals surface area contributed by atoms with E-state index in [4.69, 9.17) is 5.73 Å². The molecule has 0 fully saturated rings. The first-order chi connectivity index (χ1) is 7.63. The van der Waals surface area contributed by atoms with E-state index < -0.39 is 0 Å². The van der Waals surface area contributed by atoms with Gasteiger partial charge in [-0.1, -0.05) is 13.0 Å². The molecule has 0 spiro atoms. The van der Waals surface area contributed by atoms with E-state index in [1.54, 1.807) is 4.68 Å². The normalized spacial score (nSPS) is 10.7. The van der Waals surface area contributed by atoms with Gasteiger partial charge in [0.05, 0.1) is 11.9 Å². The van der Waals surface area contributed by atoms with Crippen LogP contribution in [0.3, 0.4) is 0 Å². The molecular weight excluding hydrogens is 198 g/mol. The van der Waals surface area contributed by atoms with Gasteiger partial charge in [0.15, 0.2) is 0 Å². The Labute approximate surface area is 95.9 Å². The molecule has 0 saturated heterocycles. The van der Waals surface area contributed by atoms with Gasteiger partial charge in [-0.15, -0.1) is 0 Å². The minimum Gasteiger partial charge on any atom is -0.383 e. The number of benzene rings is 1. The predicted octanol–water partition coefficient (Wildman–Crippen LogP) is 2.63. The number of nitrogens with two attached hydrogens (primary N) is 1. The van der Waals surface area contributed by atoms with Crippen LogP contribution in [-0.2, 0) is 6.42 Å². The molecule has 0 aliphatic rings. The van der Waals surface area contributed by atoms with E-state index in [0.29, 0.717) is 0 Å². The summed E-state index contributed by atoms with van der Waals surface area (Å²) in [4.78, 5) is 0. The molecule has 84 valence electrons. The topological polar surface area (TPSA) is 43.8 Å². The van der Waals surface area contributed by atoms with Crippen LogP contribution in [0.4, 0.5) is 5.82 Å². The Morgan fingerprint density at radius 3 is 2.56 bits per heavy atom. The molecule has 2 rings (SSSR count). The molecule has 0 atom stereocenters. The number of hydrogen-bond donors (Lipinski definition) is 1. The van der Waals surface area contributed by atoms with Crippen LogP contribution in [0.2, 0.25) is 0 Å². The fraction of sp³-hybridized carbons (Fsp3) is 0.308. The molecule has 1 aromatic heterocycles. The number of hydrogen-bond acceptors (Lipinski definition) is 2. The highest BCUT2D eigenvalue weighted by Crippen LogP contribution is 2.19. The maximum atomic E-state index is 6.03. The van der Waals surface area contributed by atoms with E-state index in [-0.39, 0.29) is 0 Å². The van der Waals surface area contributed by atoms with Crippen molar-refractivity contribution >= 4 is 5.82 Å². The SMILES string of the molecule is CCc1cnn(-c2ccc(C)c(C)c2)c1N. The van der Waals surface area contributed by atoms with Crippen LogP contribution in [-0.4, -0.2) is 9.78 Å². The second-order valence-corrected chi connectivity index (χ2v) is 4.09. The van der Waals surface area contributed by atoms with Gasteiger partial charge >= 0.3 is 0 Å². The molecule has 0 unspecified atom stereocenters. The van der Waals surface area contributed by atoms with Crippen LogP contribution in [0.5, 0.6) is 0 Å². The van der Waals surface area contributed by atoms with Crippen LogP contribution in [0.25, 0.3) is 5.69 Å². The van der Waals surface area contributed by atoms with Crippen LogP contribution in [0, 0.1) is 13.8 Å². The largest absolute Gasteiger partial charge is 0.383 e. The molecule has 0 bridgehead atoms. The Bertz CT molecular complexity index is 512. The minimum atomic E-state index is 0.741. The first-order valence-electron chi connectivity index (χ1n) is 5.53. The van der Waals surface area contributed by atoms with Crippen molar-refractivity contribution in [2.24, 2.45) is 0 Å². The lowest BCUT2D eigenvalue weighted by atomic mass is 10.1. The van der Waals surface area contributed by atoms with E-state index >= 15 is 0 Å². The molecule has 1 aromatic carbocycles. The van der Waals surface area contributed by atoms with Crippen LogP contribution < -0.4 is 5.73 Å². The Hall–Kier alpha value is -1.77. The van der Waals surface area contributed by atoms with Gasteiger partial charge in [-0.2, -0.15) is 5.10 Å². The summed E-state index contributed by atoms with van der Waals surface area (Å²) >= 11 is 0. The fourth-order valence-electron chi connectivity index (χ4n) is 1.73. The number of aryl methyl sites for hydroxylation is 3. The molecule has 0 radical (unpaired) electrons. The average Bonchev–Trinajstić information content (AvgIpc) is 2.64. The molecule has 1 heterocycles. The molecule has 2 aromatic rings. The summed E-state index contributed by atoms with van der Waals surface area (Å²) in [6, 6.07) is 6.25. The predicted molar refractivity (Wildman–Crippen MR) is 66.8 cm³/mol. The van der Waals surface area contributed by atoms with E-state index in [2.05, 4.69) is 38.0 Å². The smallest absolute Gasteiger partial charge is 0.130 e. The molecule has 2 N–H and O–H groups in total. The zero-order chi connectivity index (χ0) is 11.7. The van der Waals surface area contributed by atoms with E-state index in [1.807, 2.05) is 12.3 Å². The van der Waals surface area contributed by atoms with Crippen LogP contribution >= 0.6 is 0 Å². The lowest BCUT2D eigenvalue weighted by Gasteiger charge is -2.07. The zero-order valence-corrected chi connectivity index (χ0v) is 9.99. The maximum Gasteiger partial charge on any atom is 0.130 e. The quantitative estimate of drug-likeness (QED) is 0.837. The monoisotopic (exact) mass is 215 g/mol. The van der Waals surface area contributed by atoms with Gasteiger partial charge < -0.3 is 5.73 Å². The van der Waals surface area contributed by atoms with Crippen LogP contribution in [0.1, 0.15) is 23.6 Å². The molecule has 3 nitrogen and oxygen atoms in total. The highest BCUT2D eigenvalue weighted by atomic mass is 15.3. The summed E-state index contributed by atoms with van der Waals surface area (Å²) < 4.78 is 1.80. The lowest BCUT2D eigenvalue weighted by Crippen LogP contribution is -2.03. The summed E-state index contributed by atoms with van der Waals surface area (Å²) in [5.41, 5.74) is 10.7. The number of rotatable bonds is 2. The Morgan fingerprint density at radius 1 is 1.25 bits per heavy atom. The van der Waals surface area contributed by atoms with Crippen molar-refractivity contribution in [3.63, 3.8) is 0 Å². The molecule has 0 aliphatic carbocycles. The highest BCUT2D eigenvalue weighted by Gasteiger charge is 2.07. The van der Waals surface area contributed by atoms with Gasteiger partial charge in [-0.25, -0.2) is 4.68 Å². The van der Waals surface area contributed by atoms with Crippen molar-refractivity contribution in [2.45, 2.75) is 27.2 Å². The standard InChI is InChI=1S/C13H17N3/c1-4-11-8-15-16(13(11)14)12-6-5-9(2)10(3)7-12/h5-8H,4,14H2,1-3H3. The number of nitrogens with zero attached hydrogens (tertiary/aromatic N) is 2. The number of nitrogen functional groups attached to an aromatic ring is 1. The molecule has 3 heteroatoms. The third-order valence-corrected chi connectivity index (χ3v) is 3.00. The van der Waals surface area contributed by atoms with Gasteiger partial charge in [0.1, 0.15) is 5.82 Å². The highest BCUT2D eigenvalue weighted by molar-refractivity contribution is 5.48. The van der Waals surface area contributed by atoms with Crippen molar-refractivity contribution in [3.8, 4) is 5.69 Å². The van der Waals surface area contributed by atoms with Gasteiger partial charge in [0, 0.05) is 5.56 Å². The molecule has 0 amide bonds. The van der Waals surface area contributed by atoms with Crippen molar-refractivity contribution in [1.29, 1.82) is 0 Å². The van der Waals surface area contributed by atoms with Crippen LogP contribution in [0.15, 0.2) is 24.4 Å². The molecular formula is C13H17N3. The van der Waals surface area contributed by atoms with Gasteiger partial charge in [0.25, 0.3) is 0 Å². The Morgan fingerprint density at radius 2 is 2.00 bits per heavy atom. The van der Waals surface area contributed by atoms with E-state index in [9.17, 15) is 0 Å². The first kappa shape index (κ1) is 10.7. The van der Waals surface area contributed by atoms with Crippen molar-refractivity contribution < 1.29 is 0 Å². The number of anilines is 1. The summed E-state index contributed by atoms with van der Waals surface area (Å²) in [5.74, 6) is 0.741. The first-order valence-corrected chi connectivity index (χ1v) is 5.53. The Kier molecular flexibility index (Phi) is 2.69. The summed E-state index contributed by atoms with van der Waals surface area (Å²) in [5, 5.41) is 4.32. The van der Waals surface area contributed by atoms with Crippen molar-refractivity contribution in [3.05, 3.63) is 41.1 Å². The summed E-state index contributed by atoms with van der Waals surface area (Å²) in [7, 11) is 0. The van der Waals surface area contributed by atoms with Gasteiger partial charge in [0.2, 0.25) is 0 Å².